The van der Waals surface area contributed by atoms with Crippen LogP contribution in [0.25, 0.3) is 0 Å². The highest BCUT2D eigenvalue weighted by molar-refractivity contribution is 5.26. The van der Waals surface area contributed by atoms with Gasteiger partial charge in [-0.25, -0.2) is 4.98 Å². The van der Waals surface area contributed by atoms with Crippen molar-refractivity contribution in [3.63, 3.8) is 0 Å². The smallest absolute Gasteiger partial charge is 0.342 e. The van der Waals surface area contributed by atoms with Crippen molar-refractivity contribution >= 4 is 0 Å². The van der Waals surface area contributed by atoms with Gasteiger partial charge in [0, 0.05) is 30.9 Å². The predicted octanol–water partition coefficient (Wildman–Crippen LogP) is 2.20. The number of rotatable bonds is 4. The van der Waals surface area contributed by atoms with Gasteiger partial charge in [0.1, 0.15) is 6.33 Å². The molecule has 2 aromatic heterocycles. The van der Waals surface area contributed by atoms with Gasteiger partial charge in [-0.3, -0.25) is 4.68 Å². The van der Waals surface area contributed by atoms with E-state index in [1.165, 1.54) is 0 Å². The van der Waals surface area contributed by atoms with Crippen LogP contribution in [-0.2, 0) is 13.6 Å². The third-order valence-electron chi connectivity index (χ3n) is 2.59. The molecule has 6 nitrogen and oxygen atoms in total. The van der Waals surface area contributed by atoms with E-state index in [9.17, 15) is 0 Å². The first-order valence-electron chi connectivity index (χ1n) is 6.58. The normalized spacial score (nSPS) is 11.7. The van der Waals surface area contributed by atoms with Crippen molar-refractivity contribution in [2.75, 3.05) is 0 Å². The summed E-state index contributed by atoms with van der Waals surface area (Å²) in [4.78, 5) is 8.37. The third-order valence-corrected chi connectivity index (χ3v) is 2.59. The summed E-state index contributed by atoms with van der Waals surface area (Å²) in [6, 6.07) is 4.25. The third kappa shape index (κ3) is 4.31. The standard InChI is InChI=1S/C14H21N5O/c1-10-6-11(8-16-14(2,3)4)7-12(17-10)20-13-15-9-19(5)18-13/h6-7,9,16H,8H2,1-5H3. The van der Waals surface area contributed by atoms with Crippen LogP contribution in [0.1, 0.15) is 32.0 Å². The lowest BCUT2D eigenvalue weighted by atomic mass is 10.1. The van der Waals surface area contributed by atoms with E-state index in [0.29, 0.717) is 11.9 Å². The Bertz CT molecular complexity index is 585. The Hall–Kier alpha value is -1.95. The lowest BCUT2D eigenvalue weighted by Crippen LogP contribution is -2.35. The van der Waals surface area contributed by atoms with Gasteiger partial charge in [0.25, 0.3) is 0 Å². The van der Waals surface area contributed by atoms with Gasteiger partial charge in [0.2, 0.25) is 5.88 Å². The van der Waals surface area contributed by atoms with Crippen LogP contribution in [0.3, 0.4) is 0 Å². The minimum Gasteiger partial charge on any atom is -0.404 e. The molecule has 0 radical (unpaired) electrons. The fraction of sp³-hybridized carbons (Fsp3) is 0.500. The molecule has 6 heteroatoms. The maximum Gasteiger partial charge on any atom is 0.342 e. The number of aromatic nitrogens is 4. The Labute approximate surface area is 119 Å². The van der Waals surface area contributed by atoms with Crippen LogP contribution < -0.4 is 10.1 Å². The van der Waals surface area contributed by atoms with Crippen LogP contribution in [0.2, 0.25) is 0 Å². The van der Waals surface area contributed by atoms with Gasteiger partial charge in [0.05, 0.1) is 0 Å². The van der Waals surface area contributed by atoms with Gasteiger partial charge >= 0.3 is 6.01 Å². The molecule has 20 heavy (non-hydrogen) atoms. The van der Waals surface area contributed by atoms with Crippen LogP contribution >= 0.6 is 0 Å². The van der Waals surface area contributed by atoms with Gasteiger partial charge in [-0.15, -0.1) is 5.10 Å². The minimum atomic E-state index is 0.0702. The van der Waals surface area contributed by atoms with Crippen molar-refractivity contribution in [1.82, 2.24) is 25.1 Å². The van der Waals surface area contributed by atoms with E-state index in [1.54, 1.807) is 18.1 Å². The summed E-state index contributed by atoms with van der Waals surface area (Å²) in [5.41, 5.74) is 2.10. The second-order valence-electron chi connectivity index (χ2n) is 5.86. The van der Waals surface area contributed by atoms with E-state index < -0.39 is 0 Å². The molecule has 0 aromatic carbocycles. The van der Waals surface area contributed by atoms with E-state index in [2.05, 4.69) is 41.2 Å². The summed E-state index contributed by atoms with van der Waals surface area (Å²) in [7, 11) is 1.79. The van der Waals surface area contributed by atoms with Crippen LogP contribution in [0.4, 0.5) is 0 Å². The van der Waals surface area contributed by atoms with Gasteiger partial charge in [0.15, 0.2) is 0 Å². The molecule has 108 valence electrons. The van der Waals surface area contributed by atoms with Crippen molar-refractivity contribution in [3.8, 4) is 11.9 Å². The number of aryl methyl sites for hydroxylation is 2. The van der Waals surface area contributed by atoms with Gasteiger partial charge in [-0.1, -0.05) is 0 Å². The van der Waals surface area contributed by atoms with Crippen LogP contribution in [0.5, 0.6) is 11.9 Å². The molecule has 0 spiro atoms. The SMILES string of the molecule is Cc1cc(CNC(C)(C)C)cc(Oc2ncn(C)n2)n1. The number of hydrogen-bond acceptors (Lipinski definition) is 5. The topological polar surface area (TPSA) is 64.9 Å². The number of ether oxygens (including phenoxy) is 1. The minimum absolute atomic E-state index is 0.0702. The molecule has 2 heterocycles. The average Bonchev–Trinajstić information content (AvgIpc) is 2.70. The summed E-state index contributed by atoms with van der Waals surface area (Å²) in [5.74, 6) is 0.516. The van der Waals surface area contributed by atoms with Crippen LogP contribution in [-0.4, -0.2) is 25.3 Å². The maximum atomic E-state index is 5.57. The number of pyridine rings is 1. The van der Waals surface area contributed by atoms with Crippen molar-refractivity contribution in [2.24, 2.45) is 7.05 Å². The zero-order chi connectivity index (χ0) is 14.8. The van der Waals surface area contributed by atoms with E-state index in [4.69, 9.17) is 4.74 Å². The highest BCUT2D eigenvalue weighted by Gasteiger charge is 2.10. The van der Waals surface area contributed by atoms with Gasteiger partial charge in [-0.2, -0.15) is 4.98 Å². The monoisotopic (exact) mass is 275 g/mol. The van der Waals surface area contributed by atoms with Crippen molar-refractivity contribution < 1.29 is 4.74 Å². The molecule has 2 aromatic rings. The van der Waals surface area contributed by atoms with E-state index in [0.717, 1.165) is 17.8 Å². The van der Waals surface area contributed by atoms with Crippen molar-refractivity contribution in [1.29, 1.82) is 0 Å². The Morgan fingerprint density at radius 3 is 2.65 bits per heavy atom. The molecule has 0 aliphatic rings. The summed E-state index contributed by atoms with van der Waals surface area (Å²) >= 11 is 0. The molecule has 1 N–H and O–H groups in total. The second-order valence-corrected chi connectivity index (χ2v) is 5.86. The largest absolute Gasteiger partial charge is 0.404 e. The van der Waals surface area contributed by atoms with E-state index in [1.807, 2.05) is 19.1 Å². The Balaban J connectivity index is 2.12. The molecule has 0 unspecified atom stereocenters. The first kappa shape index (κ1) is 14.5. The zero-order valence-corrected chi connectivity index (χ0v) is 12.6. The quantitative estimate of drug-likeness (QED) is 0.926. The molecule has 0 aliphatic heterocycles. The molecule has 0 aliphatic carbocycles. The molecular weight excluding hydrogens is 254 g/mol. The second kappa shape index (κ2) is 5.58. The molecule has 0 atom stereocenters. The molecule has 0 fully saturated rings. The summed E-state index contributed by atoms with van der Waals surface area (Å²) in [5, 5.41) is 7.52. The van der Waals surface area contributed by atoms with Gasteiger partial charge < -0.3 is 10.1 Å². The Morgan fingerprint density at radius 1 is 1.30 bits per heavy atom. The zero-order valence-electron chi connectivity index (χ0n) is 12.6. The lowest BCUT2D eigenvalue weighted by molar-refractivity contribution is 0.412. The number of nitrogens with zero attached hydrogens (tertiary/aromatic N) is 4. The molecule has 0 saturated heterocycles. The fourth-order valence-corrected chi connectivity index (χ4v) is 1.69. The number of nitrogens with one attached hydrogen (secondary N) is 1. The molecular formula is C14H21N5O. The predicted molar refractivity (Wildman–Crippen MR) is 76.6 cm³/mol. The van der Waals surface area contributed by atoms with Crippen LogP contribution in [0, 0.1) is 6.92 Å². The van der Waals surface area contributed by atoms with Crippen molar-refractivity contribution in [3.05, 3.63) is 29.7 Å². The maximum absolute atomic E-state index is 5.57. The number of hydrogen-bond donors (Lipinski definition) is 1. The average molecular weight is 275 g/mol. The van der Waals surface area contributed by atoms with Gasteiger partial charge in [-0.05, 0) is 39.3 Å². The summed E-state index contributed by atoms with van der Waals surface area (Å²) in [6.45, 7) is 9.11. The molecule has 0 saturated carbocycles. The lowest BCUT2D eigenvalue weighted by Gasteiger charge is -2.20. The fourth-order valence-electron chi connectivity index (χ4n) is 1.69. The Morgan fingerprint density at radius 2 is 2.05 bits per heavy atom. The molecule has 2 rings (SSSR count). The summed E-state index contributed by atoms with van der Waals surface area (Å²) in [6.07, 6.45) is 1.59. The van der Waals surface area contributed by atoms with Crippen molar-refractivity contribution in [2.45, 2.75) is 39.8 Å². The highest BCUT2D eigenvalue weighted by atomic mass is 16.5. The Kier molecular flexibility index (Phi) is 4.04. The highest BCUT2D eigenvalue weighted by Crippen LogP contribution is 2.18. The first-order valence-corrected chi connectivity index (χ1v) is 6.58. The molecule has 0 bridgehead atoms. The van der Waals surface area contributed by atoms with Crippen LogP contribution in [0.15, 0.2) is 18.5 Å². The first-order chi connectivity index (χ1) is 9.32. The van der Waals surface area contributed by atoms with E-state index in [-0.39, 0.29) is 5.54 Å². The molecule has 0 amide bonds. The summed E-state index contributed by atoms with van der Waals surface area (Å²) < 4.78 is 7.16. The van der Waals surface area contributed by atoms with E-state index >= 15 is 0 Å².